The molecular formula is C18H40O5Si. The van der Waals surface area contributed by atoms with Crippen LogP contribution in [0.25, 0.3) is 0 Å². The molecule has 0 amide bonds. The van der Waals surface area contributed by atoms with Crippen LogP contribution in [0.15, 0.2) is 0 Å². The van der Waals surface area contributed by atoms with Crippen molar-refractivity contribution in [2.75, 3.05) is 26.4 Å². The molecule has 0 atom stereocenters. The Labute approximate surface area is 152 Å². The minimum Gasteiger partial charge on any atom is -0.376 e. The molecule has 6 heteroatoms. The van der Waals surface area contributed by atoms with Crippen molar-refractivity contribution < 1.29 is 23.4 Å². The molecule has 0 radical (unpaired) electrons. The maximum Gasteiger partial charge on any atom is 0.327 e. The zero-order valence-electron chi connectivity index (χ0n) is 16.6. The lowest BCUT2D eigenvalue weighted by Gasteiger charge is -2.38. The molecule has 0 fully saturated rings. The minimum atomic E-state index is -1.22. The summed E-state index contributed by atoms with van der Waals surface area (Å²) in [6, 6.07) is 0. The Morgan fingerprint density at radius 1 is 0.667 bits per heavy atom. The number of rotatable bonds is 18. The van der Waals surface area contributed by atoms with Gasteiger partial charge < -0.3 is 23.4 Å². The molecule has 0 aromatic heterocycles. The van der Waals surface area contributed by atoms with Gasteiger partial charge in [-0.1, -0.05) is 53.4 Å². The van der Waals surface area contributed by atoms with Gasteiger partial charge in [-0.05, 0) is 25.7 Å². The molecule has 0 unspecified atom stereocenters. The Bertz CT molecular complexity index is 246. The van der Waals surface area contributed by atoms with Crippen LogP contribution in [0.4, 0.5) is 0 Å². The molecule has 0 bridgehead atoms. The van der Waals surface area contributed by atoms with Crippen molar-refractivity contribution in [3.05, 3.63) is 0 Å². The number of hydrogen-bond donors (Lipinski definition) is 0. The Morgan fingerprint density at radius 2 is 1.04 bits per heavy atom. The van der Waals surface area contributed by atoms with Gasteiger partial charge in [0.15, 0.2) is 10.5 Å². The fourth-order valence-electron chi connectivity index (χ4n) is 2.03. The highest BCUT2D eigenvalue weighted by molar-refractivity contribution is 5.98. The van der Waals surface area contributed by atoms with Crippen LogP contribution in [0.3, 0.4) is 0 Å². The highest BCUT2D eigenvalue weighted by Crippen LogP contribution is 2.25. The molecule has 0 heterocycles. The lowest BCUT2D eigenvalue weighted by atomic mass is 10.3. The second-order valence-electron chi connectivity index (χ2n) is 5.99. The molecule has 146 valence electrons. The quantitative estimate of drug-likeness (QED) is 0.211. The van der Waals surface area contributed by atoms with Crippen molar-refractivity contribution in [3.8, 4) is 0 Å². The molecule has 0 rings (SSSR count). The third-order valence-corrected chi connectivity index (χ3v) is 4.28. The van der Waals surface area contributed by atoms with E-state index in [4.69, 9.17) is 23.4 Å². The second-order valence-corrected chi connectivity index (χ2v) is 6.40. The van der Waals surface area contributed by atoms with Gasteiger partial charge in [0.2, 0.25) is 6.29 Å². The van der Waals surface area contributed by atoms with E-state index in [-0.39, 0.29) is 0 Å². The summed E-state index contributed by atoms with van der Waals surface area (Å²) in [6.45, 7) is 11.0. The van der Waals surface area contributed by atoms with E-state index >= 15 is 0 Å². The lowest BCUT2D eigenvalue weighted by Crippen LogP contribution is -2.52. The van der Waals surface area contributed by atoms with E-state index in [2.05, 4.69) is 27.7 Å². The van der Waals surface area contributed by atoms with Gasteiger partial charge in [0.05, 0.1) is 26.4 Å². The summed E-state index contributed by atoms with van der Waals surface area (Å²) in [4.78, 5) is 0. The standard InChI is InChI=1S/C18H40O5Si/c1-5-9-13-19-17(20-14-10-6-2)18(23-24,21-15-11-7-3)22-16-12-8-4/h17H,5-16H2,1-4,24H3. The zero-order valence-corrected chi connectivity index (χ0v) is 18.6. The van der Waals surface area contributed by atoms with Gasteiger partial charge >= 0.3 is 5.97 Å². The SMILES string of the molecule is CCCCOC(OCCCC)C(O[SiH3])(OCCCC)OCCCC. The summed E-state index contributed by atoms with van der Waals surface area (Å²) in [5, 5.41) is 0. The van der Waals surface area contributed by atoms with Gasteiger partial charge in [-0.15, -0.1) is 0 Å². The third-order valence-electron chi connectivity index (χ3n) is 3.71. The topological polar surface area (TPSA) is 46.2 Å². The maximum atomic E-state index is 6.03. The predicted octanol–water partition coefficient (Wildman–Crippen LogP) is 3.53. The first-order chi connectivity index (χ1) is 11.7. The monoisotopic (exact) mass is 364 g/mol. The van der Waals surface area contributed by atoms with Crippen LogP contribution in [-0.2, 0) is 23.4 Å². The van der Waals surface area contributed by atoms with Crippen molar-refractivity contribution >= 4 is 10.5 Å². The summed E-state index contributed by atoms with van der Waals surface area (Å²) in [5.74, 6) is -1.22. The highest BCUT2D eigenvalue weighted by atomic mass is 28.2. The third kappa shape index (κ3) is 10.1. The fourth-order valence-corrected chi connectivity index (χ4v) is 2.46. The Hall–Kier alpha value is 0.0169. The van der Waals surface area contributed by atoms with Crippen LogP contribution in [0, 0.1) is 0 Å². The zero-order chi connectivity index (χ0) is 18.1. The molecule has 0 aliphatic carbocycles. The number of unbranched alkanes of at least 4 members (excludes halogenated alkanes) is 4. The van der Waals surface area contributed by atoms with Gasteiger partial charge in [0, 0.05) is 0 Å². The van der Waals surface area contributed by atoms with E-state index in [0.717, 1.165) is 51.4 Å². The van der Waals surface area contributed by atoms with E-state index < -0.39 is 12.3 Å². The summed E-state index contributed by atoms with van der Waals surface area (Å²) in [7, 11) is 0.490. The first-order valence-corrected chi connectivity index (χ1v) is 10.6. The van der Waals surface area contributed by atoms with Crippen molar-refractivity contribution in [3.63, 3.8) is 0 Å². The molecule has 0 spiro atoms. The van der Waals surface area contributed by atoms with Crippen molar-refractivity contribution in [2.45, 2.75) is 91.3 Å². The summed E-state index contributed by atoms with van der Waals surface area (Å²) in [5.41, 5.74) is 0. The van der Waals surface area contributed by atoms with E-state index in [1.54, 1.807) is 0 Å². The molecule has 0 aliphatic rings. The smallest absolute Gasteiger partial charge is 0.327 e. The molecule has 0 saturated heterocycles. The lowest BCUT2D eigenvalue weighted by molar-refractivity contribution is -0.430. The molecular weight excluding hydrogens is 324 g/mol. The molecule has 24 heavy (non-hydrogen) atoms. The van der Waals surface area contributed by atoms with Gasteiger partial charge in [0.1, 0.15) is 0 Å². The van der Waals surface area contributed by atoms with Crippen LogP contribution < -0.4 is 0 Å². The van der Waals surface area contributed by atoms with Gasteiger partial charge in [0.25, 0.3) is 0 Å². The van der Waals surface area contributed by atoms with Crippen LogP contribution in [-0.4, -0.2) is 49.2 Å². The Morgan fingerprint density at radius 3 is 1.38 bits per heavy atom. The average molecular weight is 365 g/mol. The molecule has 0 saturated carbocycles. The van der Waals surface area contributed by atoms with E-state index in [9.17, 15) is 0 Å². The number of hydrogen-bond acceptors (Lipinski definition) is 5. The minimum absolute atomic E-state index is 0.490. The molecule has 0 aromatic rings. The van der Waals surface area contributed by atoms with Crippen LogP contribution in [0.1, 0.15) is 79.1 Å². The van der Waals surface area contributed by atoms with Crippen molar-refractivity contribution in [2.24, 2.45) is 0 Å². The average Bonchev–Trinajstić information content (AvgIpc) is 2.60. The molecule has 0 aromatic carbocycles. The summed E-state index contributed by atoms with van der Waals surface area (Å²) < 4.78 is 29.8. The largest absolute Gasteiger partial charge is 0.376 e. The second kappa shape index (κ2) is 16.5. The number of ether oxygens (including phenoxy) is 4. The van der Waals surface area contributed by atoms with Gasteiger partial charge in [-0.2, -0.15) is 0 Å². The van der Waals surface area contributed by atoms with E-state index in [0.29, 0.717) is 36.9 Å². The normalized spacial score (nSPS) is 12.4. The first-order valence-electron chi connectivity index (χ1n) is 9.76. The first kappa shape index (κ1) is 24.0. The van der Waals surface area contributed by atoms with Crippen molar-refractivity contribution in [1.29, 1.82) is 0 Å². The summed E-state index contributed by atoms with van der Waals surface area (Å²) in [6.07, 6.45) is 7.51. The highest BCUT2D eigenvalue weighted by Gasteiger charge is 2.43. The maximum absolute atomic E-state index is 6.03. The molecule has 0 N–H and O–H groups in total. The van der Waals surface area contributed by atoms with Crippen LogP contribution in [0.2, 0.25) is 0 Å². The summed E-state index contributed by atoms with van der Waals surface area (Å²) >= 11 is 0. The van der Waals surface area contributed by atoms with Gasteiger partial charge in [-0.25, -0.2) is 0 Å². The molecule has 0 aliphatic heterocycles. The molecule has 5 nitrogen and oxygen atoms in total. The Balaban J connectivity index is 4.98. The fraction of sp³-hybridized carbons (Fsp3) is 1.00. The Kier molecular flexibility index (Phi) is 16.5. The van der Waals surface area contributed by atoms with E-state index in [1.807, 2.05) is 0 Å². The predicted molar refractivity (Wildman–Crippen MR) is 101 cm³/mol. The van der Waals surface area contributed by atoms with Gasteiger partial charge in [-0.3, -0.25) is 0 Å². The van der Waals surface area contributed by atoms with Crippen LogP contribution in [0.5, 0.6) is 0 Å². The van der Waals surface area contributed by atoms with Crippen LogP contribution >= 0.6 is 0 Å². The van der Waals surface area contributed by atoms with E-state index in [1.165, 1.54) is 0 Å². The van der Waals surface area contributed by atoms with Crippen molar-refractivity contribution in [1.82, 2.24) is 0 Å².